The molecule has 0 radical (unpaired) electrons. The van der Waals surface area contributed by atoms with E-state index in [4.69, 9.17) is 14.5 Å². The number of benzene rings is 2. The Bertz CT molecular complexity index is 1340. The smallest absolute Gasteiger partial charge is 0.213 e. The maximum absolute atomic E-state index is 14.7. The second kappa shape index (κ2) is 9.68. The third-order valence-corrected chi connectivity index (χ3v) is 9.26. The van der Waals surface area contributed by atoms with Gasteiger partial charge in [0.2, 0.25) is 5.88 Å². The van der Waals surface area contributed by atoms with Crippen LogP contribution in [0.15, 0.2) is 48.5 Å². The van der Waals surface area contributed by atoms with Gasteiger partial charge in [-0.1, -0.05) is 19.1 Å². The van der Waals surface area contributed by atoms with Crippen LogP contribution >= 0.6 is 0 Å². The molecule has 5 heteroatoms. The molecule has 0 aliphatic heterocycles. The van der Waals surface area contributed by atoms with Gasteiger partial charge in [-0.05, 0) is 124 Å². The SMILES string of the molecule is Cc1nc(OC2CCC(C(C)(C)O)CC2)ccc1-c1ccc(F)c(COc2ccc3c(c2)C[C@H]2[C@H](C)[C@@H]32)c1. The van der Waals surface area contributed by atoms with E-state index < -0.39 is 5.60 Å². The van der Waals surface area contributed by atoms with E-state index in [0.29, 0.717) is 17.4 Å². The number of aryl methyl sites for hydroxylation is 1. The van der Waals surface area contributed by atoms with Gasteiger partial charge >= 0.3 is 0 Å². The van der Waals surface area contributed by atoms with Crippen LogP contribution < -0.4 is 9.47 Å². The summed E-state index contributed by atoms with van der Waals surface area (Å²) < 4.78 is 26.9. The van der Waals surface area contributed by atoms with Crippen LogP contribution in [0.3, 0.4) is 0 Å². The molecular formula is C33H38FNO3. The Balaban J connectivity index is 1.11. The van der Waals surface area contributed by atoms with Crippen LogP contribution in [0, 0.1) is 30.5 Å². The zero-order chi connectivity index (χ0) is 26.6. The van der Waals surface area contributed by atoms with Gasteiger partial charge in [0, 0.05) is 22.9 Å². The Morgan fingerprint density at radius 3 is 2.55 bits per heavy atom. The Morgan fingerprint density at radius 1 is 1.03 bits per heavy atom. The Kier molecular flexibility index (Phi) is 6.46. The molecule has 0 unspecified atom stereocenters. The lowest BCUT2D eigenvalue weighted by atomic mass is 9.78. The van der Waals surface area contributed by atoms with Crippen molar-refractivity contribution in [3.05, 3.63) is 76.7 Å². The number of pyridine rings is 1. The van der Waals surface area contributed by atoms with E-state index in [9.17, 15) is 9.50 Å². The van der Waals surface area contributed by atoms with Crippen molar-refractivity contribution in [2.75, 3.05) is 0 Å². The van der Waals surface area contributed by atoms with Crippen LogP contribution in [-0.2, 0) is 13.0 Å². The number of hydrogen-bond donors (Lipinski definition) is 1. The number of hydrogen-bond acceptors (Lipinski definition) is 4. The second-order valence-corrected chi connectivity index (χ2v) is 12.2. The number of aliphatic hydroxyl groups is 1. The number of ether oxygens (including phenoxy) is 2. The fourth-order valence-electron chi connectivity index (χ4n) is 6.78. The van der Waals surface area contributed by atoms with E-state index in [0.717, 1.165) is 72.4 Å². The van der Waals surface area contributed by atoms with Crippen molar-refractivity contribution >= 4 is 0 Å². The van der Waals surface area contributed by atoms with Crippen molar-refractivity contribution in [1.82, 2.24) is 4.98 Å². The highest BCUT2D eigenvalue weighted by molar-refractivity contribution is 5.67. The third-order valence-electron chi connectivity index (χ3n) is 9.26. The summed E-state index contributed by atoms with van der Waals surface area (Å²) in [5, 5.41) is 10.3. The highest BCUT2D eigenvalue weighted by Gasteiger charge is 2.52. The third kappa shape index (κ3) is 4.93. The maximum atomic E-state index is 14.7. The van der Waals surface area contributed by atoms with Gasteiger partial charge in [0.05, 0.1) is 5.60 Å². The second-order valence-electron chi connectivity index (χ2n) is 12.2. The number of nitrogens with zero attached hydrogens (tertiary/aromatic N) is 1. The molecule has 4 nitrogen and oxygen atoms in total. The quantitative estimate of drug-likeness (QED) is 0.356. The van der Waals surface area contributed by atoms with Crippen LogP contribution in [0.1, 0.15) is 74.8 Å². The molecule has 3 aliphatic rings. The first-order chi connectivity index (χ1) is 18.2. The molecule has 2 saturated carbocycles. The van der Waals surface area contributed by atoms with Crippen molar-refractivity contribution in [3.8, 4) is 22.8 Å². The fraction of sp³-hybridized carbons (Fsp3) is 0.485. The Hall–Kier alpha value is -2.92. The van der Waals surface area contributed by atoms with Crippen LogP contribution in [0.4, 0.5) is 4.39 Å². The molecule has 0 amide bonds. The highest BCUT2D eigenvalue weighted by Crippen LogP contribution is 2.61. The minimum atomic E-state index is -0.638. The standard InChI is InChI=1S/C33H38FNO3/c1-19-29-17-22-16-26(10-11-28(22)32(19)29)37-18-23-15-21(5-13-30(23)34)27-12-14-31(35-20(27)2)38-25-8-6-24(7-9-25)33(3,4)36/h5,10-16,19,24-25,29,32,36H,6-9,17-18H2,1-4H3/t19-,24?,25?,29-,32-/m0/s1. The van der Waals surface area contributed by atoms with E-state index in [1.165, 1.54) is 17.2 Å². The van der Waals surface area contributed by atoms with Gasteiger partial charge < -0.3 is 14.6 Å². The first-order valence-corrected chi connectivity index (χ1v) is 14.1. The van der Waals surface area contributed by atoms with Gasteiger partial charge in [-0.3, -0.25) is 0 Å². The van der Waals surface area contributed by atoms with Crippen molar-refractivity contribution in [1.29, 1.82) is 0 Å². The molecule has 1 heterocycles. The minimum Gasteiger partial charge on any atom is -0.489 e. The normalized spacial score (nSPS) is 26.0. The van der Waals surface area contributed by atoms with Crippen LogP contribution in [-0.4, -0.2) is 21.8 Å². The molecule has 3 atom stereocenters. The summed E-state index contributed by atoms with van der Waals surface area (Å²) in [4.78, 5) is 4.71. The van der Waals surface area contributed by atoms with E-state index in [-0.39, 0.29) is 18.5 Å². The lowest BCUT2D eigenvalue weighted by molar-refractivity contribution is -0.0156. The molecular weight excluding hydrogens is 477 g/mol. The molecule has 3 aliphatic carbocycles. The van der Waals surface area contributed by atoms with Gasteiger partial charge in [0.15, 0.2) is 0 Å². The van der Waals surface area contributed by atoms with E-state index >= 15 is 0 Å². The molecule has 6 rings (SSSR count). The lowest BCUT2D eigenvalue weighted by Crippen LogP contribution is -2.36. The van der Waals surface area contributed by atoms with E-state index in [1.54, 1.807) is 6.07 Å². The highest BCUT2D eigenvalue weighted by atomic mass is 19.1. The van der Waals surface area contributed by atoms with Crippen LogP contribution in [0.25, 0.3) is 11.1 Å². The topological polar surface area (TPSA) is 51.6 Å². The largest absolute Gasteiger partial charge is 0.489 e. The monoisotopic (exact) mass is 515 g/mol. The average Bonchev–Trinajstić information content (AvgIpc) is 3.34. The number of fused-ring (bicyclic) bond motifs is 3. The van der Waals surface area contributed by atoms with Gasteiger partial charge in [0.25, 0.3) is 0 Å². The number of rotatable bonds is 7. The molecule has 3 aromatic rings. The summed E-state index contributed by atoms with van der Waals surface area (Å²) in [6, 6.07) is 15.4. The first kappa shape index (κ1) is 25.4. The molecule has 0 bridgehead atoms. The molecule has 0 spiro atoms. The summed E-state index contributed by atoms with van der Waals surface area (Å²) in [7, 11) is 0. The predicted molar refractivity (Wildman–Crippen MR) is 147 cm³/mol. The summed E-state index contributed by atoms with van der Waals surface area (Å²) >= 11 is 0. The molecule has 1 N–H and O–H groups in total. The molecule has 2 fully saturated rings. The van der Waals surface area contributed by atoms with Crippen molar-refractivity contribution in [2.24, 2.45) is 17.8 Å². The summed E-state index contributed by atoms with van der Waals surface area (Å²) in [5.74, 6) is 3.81. The zero-order valence-corrected chi connectivity index (χ0v) is 22.8. The summed E-state index contributed by atoms with van der Waals surface area (Å²) in [6.45, 7) is 8.27. The molecule has 0 saturated heterocycles. The van der Waals surface area contributed by atoms with Crippen LogP contribution in [0.2, 0.25) is 0 Å². The fourth-order valence-corrected chi connectivity index (χ4v) is 6.78. The Morgan fingerprint density at radius 2 is 1.82 bits per heavy atom. The number of aromatic nitrogens is 1. The minimum absolute atomic E-state index is 0.120. The van der Waals surface area contributed by atoms with Crippen molar-refractivity contribution in [2.45, 2.75) is 84.0 Å². The van der Waals surface area contributed by atoms with Gasteiger partial charge in [0.1, 0.15) is 24.3 Å². The van der Waals surface area contributed by atoms with Gasteiger partial charge in [-0.2, -0.15) is 0 Å². The molecule has 38 heavy (non-hydrogen) atoms. The summed E-state index contributed by atoms with van der Waals surface area (Å²) in [5.41, 5.74) is 5.46. The Labute approximate surface area is 225 Å². The van der Waals surface area contributed by atoms with Crippen molar-refractivity contribution in [3.63, 3.8) is 0 Å². The first-order valence-electron chi connectivity index (χ1n) is 14.1. The predicted octanol–water partition coefficient (Wildman–Crippen LogP) is 7.39. The lowest BCUT2D eigenvalue weighted by Gasteiger charge is -2.35. The summed E-state index contributed by atoms with van der Waals surface area (Å²) in [6.07, 6.45) is 5.01. The molecule has 2 aromatic carbocycles. The van der Waals surface area contributed by atoms with Crippen molar-refractivity contribution < 1.29 is 19.0 Å². The van der Waals surface area contributed by atoms with Gasteiger partial charge in [-0.25, -0.2) is 9.37 Å². The zero-order valence-electron chi connectivity index (χ0n) is 22.8. The van der Waals surface area contributed by atoms with Crippen LogP contribution in [0.5, 0.6) is 11.6 Å². The van der Waals surface area contributed by atoms with E-state index in [2.05, 4.69) is 19.1 Å². The van der Waals surface area contributed by atoms with Gasteiger partial charge in [-0.15, -0.1) is 0 Å². The maximum Gasteiger partial charge on any atom is 0.213 e. The van der Waals surface area contributed by atoms with E-state index in [1.807, 2.05) is 45.0 Å². The molecule has 200 valence electrons. The molecule has 1 aromatic heterocycles. The average molecular weight is 516 g/mol. The number of halogens is 1.